The SMILES string of the molecule is C=C1N=C2c3c(nc(C)c(F)c3N1C)OCC1CN(C)CCN21. The van der Waals surface area contributed by atoms with Gasteiger partial charge in [-0.1, -0.05) is 6.58 Å². The molecule has 3 aliphatic rings. The van der Waals surface area contributed by atoms with Gasteiger partial charge in [-0.05, 0) is 14.0 Å². The summed E-state index contributed by atoms with van der Waals surface area (Å²) in [5, 5.41) is 0. The number of piperazine rings is 1. The number of amidine groups is 1. The lowest BCUT2D eigenvalue weighted by Crippen LogP contribution is -2.56. The molecule has 0 spiro atoms. The van der Waals surface area contributed by atoms with Crippen LogP contribution in [0, 0.1) is 12.7 Å². The van der Waals surface area contributed by atoms with E-state index in [4.69, 9.17) is 4.74 Å². The number of pyridine rings is 1. The van der Waals surface area contributed by atoms with Crippen molar-refractivity contribution in [1.82, 2.24) is 14.8 Å². The van der Waals surface area contributed by atoms with Crippen LogP contribution in [0.25, 0.3) is 0 Å². The van der Waals surface area contributed by atoms with Crippen molar-refractivity contribution in [2.24, 2.45) is 4.99 Å². The number of rotatable bonds is 0. The molecular formula is C16H20FN5O. The van der Waals surface area contributed by atoms with E-state index in [9.17, 15) is 4.39 Å². The zero-order valence-corrected chi connectivity index (χ0v) is 13.6. The van der Waals surface area contributed by atoms with Crippen LogP contribution < -0.4 is 9.64 Å². The number of aliphatic imine (C=N–C) groups is 1. The second-order valence-corrected chi connectivity index (χ2v) is 6.37. The smallest absolute Gasteiger partial charge is 0.227 e. The molecule has 1 atom stereocenters. The fourth-order valence-corrected chi connectivity index (χ4v) is 3.46. The molecule has 0 radical (unpaired) electrons. The molecule has 0 amide bonds. The predicted octanol–water partition coefficient (Wildman–Crippen LogP) is 1.21. The number of halogens is 1. The zero-order valence-electron chi connectivity index (χ0n) is 13.6. The Morgan fingerprint density at radius 1 is 1.30 bits per heavy atom. The second-order valence-electron chi connectivity index (χ2n) is 6.37. The van der Waals surface area contributed by atoms with E-state index in [1.165, 1.54) is 0 Å². The van der Waals surface area contributed by atoms with E-state index in [0.717, 1.165) is 25.5 Å². The molecule has 0 aliphatic carbocycles. The Morgan fingerprint density at radius 2 is 2.09 bits per heavy atom. The van der Waals surface area contributed by atoms with Gasteiger partial charge in [0, 0.05) is 26.7 Å². The van der Waals surface area contributed by atoms with Gasteiger partial charge in [0.15, 0.2) is 5.82 Å². The molecule has 122 valence electrons. The minimum atomic E-state index is -0.337. The van der Waals surface area contributed by atoms with Crippen molar-refractivity contribution < 1.29 is 9.13 Å². The molecule has 1 unspecified atom stereocenters. The molecular weight excluding hydrogens is 297 g/mol. The summed E-state index contributed by atoms with van der Waals surface area (Å²) in [6.07, 6.45) is 0. The van der Waals surface area contributed by atoms with Crippen LogP contribution in [0.15, 0.2) is 17.4 Å². The van der Waals surface area contributed by atoms with Crippen LogP contribution in [-0.2, 0) is 0 Å². The Labute approximate surface area is 134 Å². The van der Waals surface area contributed by atoms with Crippen LogP contribution in [0.5, 0.6) is 5.88 Å². The second kappa shape index (κ2) is 4.92. The van der Waals surface area contributed by atoms with Gasteiger partial charge in [-0.15, -0.1) is 0 Å². The average molecular weight is 317 g/mol. The van der Waals surface area contributed by atoms with Crippen molar-refractivity contribution in [1.29, 1.82) is 0 Å². The standard InChI is InChI=1S/C16H20FN5O/c1-9-13(17)14-12-15(19-10(2)21(14)4)22-6-5-20(3)7-11(22)8-23-16(12)18-9/h11H,2,5-8H2,1,3-4H3. The topological polar surface area (TPSA) is 44.2 Å². The molecule has 0 N–H and O–H groups in total. The van der Waals surface area contributed by atoms with Crippen molar-refractivity contribution in [3.63, 3.8) is 0 Å². The van der Waals surface area contributed by atoms with Crippen LogP contribution in [0.3, 0.4) is 0 Å². The van der Waals surface area contributed by atoms with E-state index in [-0.39, 0.29) is 11.9 Å². The first-order chi connectivity index (χ1) is 11.0. The van der Waals surface area contributed by atoms with E-state index < -0.39 is 0 Å². The molecule has 0 bridgehead atoms. The number of aryl methyl sites for hydroxylation is 1. The number of likely N-dealkylation sites (N-methyl/N-ethyl adjacent to an activating group) is 1. The minimum absolute atomic E-state index is 0.175. The molecule has 7 heteroatoms. The lowest BCUT2D eigenvalue weighted by molar-refractivity contribution is 0.112. The number of fused-ring (bicyclic) bond motifs is 2. The molecule has 1 aromatic rings. The number of anilines is 1. The summed E-state index contributed by atoms with van der Waals surface area (Å²) in [4.78, 5) is 15.1. The number of aromatic nitrogens is 1. The summed E-state index contributed by atoms with van der Waals surface area (Å²) in [7, 11) is 3.87. The fraction of sp³-hybridized carbons (Fsp3) is 0.500. The van der Waals surface area contributed by atoms with Crippen molar-refractivity contribution in [3.05, 3.63) is 29.5 Å². The molecule has 3 aliphatic heterocycles. The first kappa shape index (κ1) is 14.4. The van der Waals surface area contributed by atoms with Crippen LogP contribution in [0.4, 0.5) is 10.1 Å². The molecule has 1 fully saturated rings. The highest BCUT2D eigenvalue weighted by molar-refractivity contribution is 6.08. The third-order valence-corrected chi connectivity index (χ3v) is 4.80. The van der Waals surface area contributed by atoms with Gasteiger partial charge >= 0.3 is 0 Å². The normalized spacial score (nSPS) is 23.7. The first-order valence-corrected chi connectivity index (χ1v) is 7.77. The summed E-state index contributed by atoms with van der Waals surface area (Å²) < 4.78 is 20.7. The van der Waals surface area contributed by atoms with Gasteiger partial charge in [-0.2, -0.15) is 0 Å². The van der Waals surface area contributed by atoms with Crippen LogP contribution in [-0.4, -0.2) is 67.0 Å². The van der Waals surface area contributed by atoms with Crippen molar-refractivity contribution in [2.75, 3.05) is 45.2 Å². The summed E-state index contributed by atoms with van der Waals surface area (Å²) in [5.41, 5.74) is 1.44. The largest absolute Gasteiger partial charge is 0.475 e. The maximum absolute atomic E-state index is 14.8. The summed E-state index contributed by atoms with van der Waals surface area (Å²) in [5.74, 6) is 1.40. The highest BCUT2D eigenvalue weighted by Gasteiger charge is 2.39. The third kappa shape index (κ3) is 2.03. The zero-order chi connectivity index (χ0) is 16.3. The van der Waals surface area contributed by atoms with E-state index in [1.54, 1.807) is 18.9 Å². The van der Waals surface area contributed by atoms with Gasteiger partial charge in [0.05, 0.1) is 17.4 Å². The average Bonchev–Trinajstić information content (AvgIpc) is 2.65. The van der Waals surface area contributed by atoms with Crippen molar-refractivity contribution in [2.45, 2.75) is 13.0 Å². The number of nitrogens with zero attached hydrogens (tertiary/aromatic N) is 5. The van der Waals surface area contributed by atoms with Crippen molar-refractivity contribution in [3.8, 4) is 5.88 Å². The Bertz CT molecular complexity index is 732. The Kier molecular flexibility index (Phi) is 3.09. The van der Waals surface area contributed by atoms with Gasteiger partial charge in [0.2, 0.25) is 5.88 Å². The number of hydrogen-bond acceptors (Lipinski definition) is 6. The molecule has 23 heavy (non-hydrogen) atoms. The number of ether oxygens (including phenoxy) is 1. The van der Waals surface area contributed by atoms with E-state index in [0.29, 0.717) is 35.3 Å². The predicted molar refractivity (Wildman–Crippen MR) is 86.5 cm³/mol. The monoisotopic (exact) mass is 317 g/mol. The van der Waals surface area contributed by atoms with Gasteiger partial charge in [0.1, 0.15) is 23.8 Å². The van der Waals surface area contributed by atoms with E-state index >= 15 is 0 Å². The fourth-order valence-electron chi connectivity index (χ4n) is 3.46. The summed E-state index contributed by atoms with van der Waals surface area (Å²) in [6, 6.07) is 0.175. The maximum Gasteiger partial charge on any atom is 0.227 e. The van der Waals surface area contributed by atoms with Gasteiger partial charge in [0.25, 0.3) is 0 Å². The van der Waals surface area contributed by atoms with Crippen LogP contribution in [0.2, 0.25) is 0 Å². The van der Waals surface area contributed by atoms with Gasteiger partial charge in [-0.3, -0.25) is 0 Å². The quantitative estimate of drug-likeness (QED) is 0.719. The van der Waals surface area contributed by atoms with Gasteiger partial charge in [-0.25, -0.2) is 14.4 Å². The van der Waals surface area contributed by atoms with Crippen LogP contribution in [0.1, 0.15) is 11.3 Å². The molecule has 1 saturated heterocycles. The number of hydrogen-bond donors (Lipinski definition) is 0. The van der Waals surface area contributed by atoms with Crippen molar-refractivity contribution >= 4 is 11.5 Å². The maximum atomic E-state index is 14.8. The Hall–Kier alpha value is -2.15. The molecule has 0 aromatic carbocycles. The van der Waals surface area contributed by atoms with Gasteiger partial charge < -0.3 is 19.4 Å². The molecule has 4 rings (SSSR count). The summed E-state index contributed by atoms with van der Waals surface area (Å²) >= 11 is 0. The minimum Gasteiger partial charge on any atom is -0.475 e. The Morgan fingerprint density at radius 3 is 2.87 bits per heavy atom. The van der Waals surface area contributed by atoms with E-state index in [2.05, 4.69) is 33.4 Å². The third-order valence-electron chi connectivity index (χ3n) is 4.80. The van der Waals surface area contributed by atoms with E-state index in [1.807, 2.05) is 0 Å². The highest BCUT2D eigenvalue weighted by atomic mass is 19.1. The summed E-state index contributed by atoms with van der Waals surface area (Å²) in [6.45, 7) is 8.79. The lowest BCUT2D eigenvalue weighted by Gasteiger charge is -2.41. The molecule has 0 saturated carbocycles. The molecule has 1 aromatic heterocycles. The Balaban J connectivity index is 1.94. The van der Waals surface area contributed by atoms with Crippen LogP contribution >= 0.6 is 0 Å². The molecule has 6 nitrogen and oxygen atoms in total. The highest BCUT2D eigenvalue weighted by Crippen LogP contribution is 2.40. The lowest BCUT2D eigenvalue weighted by atomic mass is 10.1. The molecule has 4 heterocycles. The first-order valence-electron chi connectivity index (χ1n) is 7.77.